The van der Waals surface area contributed by atoms with Crippen LogP contribution in [0.5, 0.6) is 0 Å². The van der Waals surface area contributed by atoms with Crippen molar-refractivity contribution >= 4 is 23.8 Å². The van der Waals surface area contributed by atoms with E-state index in [1.807, 2.05) is 0 Å². The molecular formula is C6H7ClNNaOS. The Morgan fingerprint density at radius 2 is 2.36 bits per heavy atom. The van der Waals surface area contributed by atoms with E-state index in [1.165, 1.54) is 0 Å². The average molecular weight is 200 g/mol. The first kappa shape index (κ1) is 11.6. The van der Waals surface area contributed by atoms with E-state index in [-0.39, 0.29) is 37.6 Å². The molecule has 0 amide bonds. The number of halogens is 1. The zero-order chi connectivity index (χ0) is 7.56. The van der Waals surface area contributed by atoms with Gasteiger partial charge in [-0.05, 0) is 6.07 Å². The van der Waals surface area contributed by atoms with E-state index in [4.69, 9.17) is 28.9 Å². The van der Waals surface area contributed by atoms with E-state index in [1.54, 1.807) is 12.3 Å². The molecule has 0 fully saturated rings. The SMILES string of the molecule is OCc1[nH]ccc(=S)c1Cl.[H-].[Na+]. The molecule has 5 heteroatoms. The smallest absolute Gasteiger partial charge is 1.00 e. The Kier molecular flexibility index (Phi) is 5.60. The summed E-state index contributed by atoms with van der Waals surface area (Å²) in [5, 5.41) is 9.11. The van der Waals surface area contributed by atoms with Crippen LogP contribution in [-0.2, 0) is 6.61 Å². The van der Waals surface area contributed by atoms with E-state index >= 15 is 0 Å². The minimum atomic E-state index is -0.108. The first-order valence-corrected chi connectivity index (χ1v) is 3.51. The predicted octanol–water partition coefficient (Wildman–Crippen LogP) is -0.994. The van der Waals surface area contributed by atoms with E-state index < -0.39 is 0 Å². The zero-order valence-electron chi connectivity index (χ0n) is 7.10. The fourth-order valence-electron chi connectivity index (χ4n) is 0.618. The van der Waals surface area contributed by atoms with Crippen molar-refractivity contribution in [2.45, 2.75) is 6.61 Å². The molecule has 0 bridgehead atoms. The van der Waals surface area contributed by atoms with Gasteiger partial charge in [0.15, 0.2) is 0 Å². The Bertz CT molecular complexity index is 293. The molecule has 0 aliphatic carbocycles. The number of aromatic nitrogens is 1. The molecule has 56 valence electrons. The molecule has 0 aromatic carbocycles. The van der Waals surface area contributed by atoms with Crippen LogP contribution in [0, 0.1) is 4.51 Å². The van der Waals surface area contributed by atoms with E-state index in [2.05, 4.69) is 4.98 Å². The topological polar surface area (TPSA) is 36.0 Å². The number of pyridine rings is 1. The molecule has 1 aromatic rings. The van der Waals surface area contributed by atoms with Crippen LogP contribution in [0.15, 0.2) is 12.3 Å². The predicted molar refractivity (Wildman–Crippen MR) is 43.7 cm³/mol. The number of H-pyrrole nitrogens is 1. The maximum absolute atomic E-state index is 8.68. The molecule has 1 heterocycles. The number of nitrogens with one attached hydrogen (secondary N) is 1. The van der Waals surface area contributed by atoms with Crippen LogP contribution >= 0.6 is 23.8 Å². The van der Waals surface area contributed by atoms with Crippen molar-refractivity contribution in [2.24, 2.45) is 0 Å². The number of aliphatic hydroxyl groups excluding tert-OH is 1. The molecule has 0 radical (unpaired) electrons. The Morgan fingerprint density at radius 3 is 2.82 bits per heavy atom. The van der Waals surface area contributed by atoms with Crippen LogP contribution in [0.2, 0.25) is 5.02 Å². The summed E-state index contributed by atoms with van der Waals surface area (Å²) in [6.45, 7) is -0.108. The Morgan fingerprint density at radius 1 is 1.73 bits per heavy atom. The molecule has 11 heavy (non-hydrogen) atoms. The molecule has 2 N–H and O–H groups in total. The number of rotatable bonds is 1. The van der Waals surface area contributed by atoms with E-state index in [0.717, 1.165) is 0 Å². The van der Waals surface area contributed by atoms with Gasteiger partial charge in [-0.15, -0.1) is 0 Å². The van der Waals surface area contributed by atoms with Crippen molar-refractivity contribution in [3.8, 4) is 0 Å². The van der Waals surface area contributed by atoms with Gasteiger partial charge in [0.1, 0.15) is 0 Å². The molecule has 0 aliphatic rings. The average Bonchev–Trinajstić information content (AvgIpc) is 1.95. The third-order valence-corrected chi connectivity index (χ3v) is 2.02. The molecule has 0 unspecified atom stereocenters. The molecule has 2 nitrogen and oxygen atoms in total. The van der Waals surface area contributed by atoms with Crippen molar-refractivity contribution in [1.82, 2.24) is 4.98 Å². The summed E-state index contributed by atoms with van der Waals surface area (Å²) < 4.78 is 0.560. The summed E-state index contributed by atoms with van der Waals surface area (Å²) in [6.07, 6.45) is 1.65. The van der Waals surface area contributed by atoms with Crippen molar-refractivity contribution in [3.05, 3.63) is 27.5 Å². The molecule has 1 rings (SSSR count). The Hall–Kier alpha value is 0.620. The monoisotopic (exact) mass is 199 g/mol. The summed E-state index contributed by atoms with van der Waals surface area (Å²) in [7, 11) is 0. The molecule has 0 atom stereocenters. The normalized spacial score (nSPS) is 8.91. The van der Waals surface area contributed by atoms with Crippen molar-refractivity contribution in [3.63, 3.8) is 0 Å². The number of hydrogen-bond donors (Lipinski definition) is 2. The van der Waals surface area contributed by atoms with Gasteiger partial charge in [0.05, 0.1) is 21.8 Å². The second-order valence-electron chi connectivity index (χ2n) is 1.79. The van der Waals surface area contributed by atoms with Crippen molar-refractivity contribution in [2.75, 3.05) is 0 Å². The first-order chi connectivity index (χ1) is 4.75. The molecule has 0 spiro atoms. The fourth-order valence-corrected chi connectivity index (χ4v) is 0.987. The van der Waals surface area contributed by atoms with Crippen LogP contribution in [-0.4, -0.2) is 10.1 Å². The third kappa shape index (κ3) is 2.86. The maximum atomic E-state index is 8.68. The summed E-state index contributed by atoms with van der Waals surface area (Å²) in [5.74, 6) is 0. The minimum Gasteiger partial charge on any atom is -1.00 e. The van der Waals surface area contributed by atoms with E-state index in [9.17, 15) is 0 Å². The Balaban J connectivity index is 0. The van der Waals surface area contributed by atoms with Crippen LogP contribution in [0.1, 0.15) is 7.12 Å². The summed E-state index contributed by atoms with van der Waals surface area (Å²) in [6, 6.07) is 1.68. The third-order valence-electron chi connectivity index (χ3n) is 1.13. The van der Waals surface area contributed by atoms with Gasteiger partial charge in [0.2, 0.25) is 0 Å². The van der Waals surface area contributed by atoms with Crippen molar-refractivity contribution in [1.29, 1.82) is 0 Å². The minimum absolute atomic E-state index is 0. The van der Waals surface area contributed by atoms with Gasteiger partial charge in [-0.3, -0.25) is 0 Å². The zero-order valence-corrected chi connectivity index (χ0v) is 9.67. The van der Waals surface area contributed by atoms with Gasteiger partial charge in [-0.1, -0.05) is 23.8 Å². The largest absolute Gasteiger partial charge is 1.00 e. The summed E-state index contributed by atoms with van der Waals surface area (Å²) in [5.41, 5.74) is 0.564. The quantitative estimate of drug-likeness (QED) is 0.450. The van der Waals surface area contributed by atoms with Gasteiger partial charge >= 0.3 is 29.6 Å². The second kappa shape index (κ2) is 5.30. The molecule has 0 saturated heterocycles. The van der Waals surface area contributed by atoms with Gasteiger partial charge in [0.25, 0.3) is 0 Å². The molecule has 1 aromatic heterocycles. The number of aliphatic hydroxyl groups is 1. The van der Waals surface area contributed by atoms with Crippen LogP contribution < -0.4 is 29.6 Å². The standard InChI is InChI=1S/C6H6ClNOS.Na.H/c7-6-4(3-9)8-2-1-5(6)10;;/h1-2,9H,3H2,(H,8,10);;/q;+1;-1. The maximum Gasteiger partial charge on any atom is 1.00 e. The van der Waals surface area contributed by atoms with Gasteiger partial charge in [0, 0.05) is 6.20 Å². The van der Waals surface area contributed by atoms with Gasteiger partial charge < -0.3 is 11.5 Å². The second-order valence-corrected chi connectivity index (χ2v) is 2.61. The van der Waals surface area contributed by atoms with Crippen LogP contribution in [0.25, 0.3) is 0 Å². The summed E-state index contributed by atoms with van der Waals surface area (Å²) >= 11 is 10.5. The fraction of sp³-hybridized carbons (Fsp3) is 0.167. The first-order valence-electron chi connectivity index (χ1n) is 2.72. The number of hydrogen-bond acceptors (Lipinski definition) is 2. The van der Waals surface area contributed by atoms with Crippen molar-refractivity contribution < 1.29 is 36.1 Å². The molecule has 0 aliphatic heterocycles. The van der Waals surface area contributed by atoms with E-state index in [0.29, 0.717) is 15.2 Å². The van der Waals surface area contributed by atoms with Gasteiger partial charge in [-0.2, -0.15) is 0 Å². The van der Waals surface area contributed by atoms with Crippen LogP contribution in [0.3, 0.4) is 0 Å². The molecular weight excluding hydrogens is 193 g/mol. The van der Waals surface area contributed by atoms with Crippen LogP contribution in [0.4, 0.5) is 0 Å². The van der Waals surface area contributed by atoms with Gasteiger partial charge in [-0.25, -0.2) is 0 Å². The number of aromatic amines is 1. The Labute approximate surface area is 98.4 Å². The molecule has 0 saturated carbocycles. The summed E-state index contributed by atoms with van der Waals surface area (Å²) in [4.78, 5) is 2.78.